The minimum Gasteiger partial charge on any atom is -0.477 e. The number of carbonyl (C=O) groups is 1. The molecule has 0 aliphatic carbocycles. The van der Waals surface area contributed by atoms with Gasteiger partial charge in [-0.25, -0.2) is 13.2 Å². The minimum absolute atomic E-state index is 0.0794. The van der Waals surface area contributed by atoms with E-state index in [0.717, 1.165) is 4.31 Å². The number of ether oxygens (including phenoxy) is 2. The van der Waals surface area contributed by atoms with Crippen LogP contribution in [0.2, 0.25) is 0 Å². The van der Waals surface area contributed by atoms with Crippen molar-refractivity contribution in [3.8, 4) is 11.5 Å². The molecule has 2 heterocycles. The van der Waals surface area contributed by atoms with Gasteiger partial charge in [-0.05, 0) is 24.3 Å². The highest BCUT2D eigenvalue weighted by atomic mass is 32.2. The summed E-state index contributed by atoms with van der Waals surface area (Å²) in [4.78, 5) is 13.0. The average Bonchev–Trinajstić information content (AvgIpc) is 3.07. The predicted octanol–water partition coefficient (Wildman–Crippen LogP) is 2.59. The molecule has 0 amide bonds. The standard InChI is InChI=1S/C17H13NO6S2/c1-18-15(17(19)20)16(11-4-2-3-5-14(11)26(18,21)22)25-10-6-7-12-13(8-10)24-9-23-12/h2-8H,9H2,1H3,(H,19,20). The molecule has 2 aliphatic rings. The van der Waals surface area contributed by atoms with Crippen LogP contribution < -0.4 is 9.47 Å². The predicted molar refractivity (Wildman–Crippen MR) is 94.4 cm³/mol. The van der Waals surface area contributed by atoms with Gasteiger partial charge in [0.25, 0.3) is 10.0 Å². The summed E-state index contributed by atoms with van der Waals surface area (Å²) >= 11 is 1.17. The molecule has 2 aromatic carbocycles. The van der Waals surface area contributed by atoms with Gasteiger partial charge in [-0.1, -0.05) is 30.0 Å². The van der Waals surface area contributed by atoms with E-state index in [9.17, 15) is 18.3 Å². The van der Waals surface area contributed by atoms with Crippen LogP contribution >= 0.6 is 11.8 Å². The number of rotatable bonds is 3. The zero-order valence-electron chi connectivity index (χ0n) is 13.5. The molecular formula is C17H13NO6S2. The number of thioether (sulfide) groups is 1. The van der Waals surface area contributed by atoms with Gasteiger partial charge in [0.2, 0.25) is 6.79 Å². The maximum absolute atomic E-state index is 12.7. The molecule has 0 saturated heterocycles. The lowest BCUT2D eigenvalue weighted by atomic mass is 10.2. The minimum atomic E-state index is -3.91. The number of carboxylic acid groups (broad SMARTS) is 1. The molecule has 26 heavy (non-hydrogen) atoms. The number of carboxylic acids is 1. The van der Waals surface area contributed by atoms with Gasteiger partial charge >= 0.3 is 5.97 Å². The summed E-state index contributed by atoms with van der Waals surface area (Å²) in [7, 11) is -2.67. The molecule has 0 spiro atoms. The quantitative estimate of drug-likeness (QED) is 0.859. The van der Waals surface area contributed by atoms with Gasteiger partial charge in [-0.15, -0.1) is 0 Å². The lowest BCUT2D eigenvalue weighted by Gasteiger charge is -2.29. The molecule has 2 aromatic rings. The van der Waals surface area contributed by atoms with E-state index in [4.69, 9.17) is 9.47 Å². The van der Waals surface area contributed by atoms with Crippen LogP contribution in [0.4, 0.5) is 0 Å². The second kappa shape index (κ2) is 5.96. The molecule has 0 saturated carbocycles. The van der Waals surface area contributed by atoms with Gasteiger partial charge < -0.3 is 14.6 Å². The Hall–Kier alpha value is -2.65. The number of benzene rings is 2. The SMILES string of the molecule is CN1C(C(=O)O)=C(Sc2ccc3c(c2)OCO3)c2ccccc2S1(=O)=O. The van der Waals surface area contributed by atoms with Crippen molar-refractivity contribution in [1.82, 2.24) is 4.31 Å². The van der Waals surface area contributed by atoms with Gasteiger partial charge in [0.15, 0.2) is 17.2 Å². The summed E-state index contributed by atoms with van der Waals surface area (Å²) < 4.78 is 36.7. The Kier molecular flexibility index (Phi) is 3.85. The highest BCUT2D eigenvalue weighted by Gasteiger charge is 2.38. The first-order valence-corrected chi connectivity index (χ1v) is 9.78. The zero-order valence-corrected chi connectivity index (χ0v) is 15.1. The Morgan fingerprint density at radius 1 is 1.15 bits per heavy atom. The highest BCUT2D eigenvalue weighted by Crippen LogP contribution is 2.46. The second-order valence-corrected chi connectivity index (χ2v) is 8.59. The molecule has 0 aromatic heterocycles. The summed E-state index contributed by atoms with van der Waals surface area (Å²) in [6.45, 7) is 0.135. The molecule has 0 fully saturated rings. The van der Waals surface area contributed by atoms with E-state index in [1.807, 2.05) is 0 Å². The van der Waals surface area contributed by atoms with Gasteiger partial charge in [0, 0.05) is 17.5 Å². The molecule has 0 unspecified atom stereocenters. The van der Waals surface area contributed by atoms with Crippen molar-refractivity contribution >= 4 is 32.7 Å². The average molecular weight is 391 g/mol. The Bertz CT molecular complexity index is 1060. The molecule has 9 heteroatoms. The van der Waals surface area contributed by atoms with Crippen LogP contribution in [0.15, 0.2) is 58.0 Å². The van der Waals surface area contributed by atoms with Crippen LogP contribution in [0.5, 0.6) is 11.5 Å². The van der Waals surface area contributed by atoms with Crippen molar-refractivity contribution in [1.29, 1.82) is 0 Å². The number of fused-ring (bicyclic) bond motifs is 2. The van der Waals surface area contributed by atoms with Gasteiger partial charge in [0.1, 0.15) is 0 Å². The summed E-state index contributed by atoms with van der Waals surface area (Å²) in [6.07, 6.45) is 0. The second-order valence-electron chi connectivity index (χ2n) is 5.57. The molecular weight excluding hydrogens is 378 g/mol. The maximum Gasteiger partial charge on any atom is 0.354 e. The number of sulfonamides is 1. The Morgan fingerprint density at radius 3 is 2.65 bits per heavy atom. The van der Waals surface area contributed by atoms with Crippen molar-refractivity contribution in [3.05, 3.63) is 53.7 Å². The molecule has 7 nitrogen and oxygen atoms in total. The zero-order chi connectivity index (χ0) is 18.5. The van der Waals surface area contributed by atoms with Crippen molar-refractivity contribution in [2.24, 2.45) is 0 Å². The third-order valence-electron chi connectivity index (χ3n) is 4.07. The fraction of sp³-hybridized carbons (Fsp3) is 0.118. The van der Waals surface area contributed by atoms with E-state index in [-0.39, 0.29) is 17.4 Å². The third kappa shape index (κ3) is 2.51. The van der Waals surface area contributed by atoms with E-state index < -0.39 is 16.0 Å². The monoisotopic (exact) mass is 391 g/mol. The molecule has 2 aliphatic heterocycles. The normalized spacial score (nSPS) is 17.2. The number of likely N-dealkylation sites (N-methyl/N-ethyl adjacent to an activating group) is 1. The molecule has 0 atom stereocenters. The number of hydrogen-bond acceptors (Lipinski definition) is 6. The van der Waals surface area contributed by atoms with Gasteiger partial charge in [-0.2, -0.15) is 0 Å². The molecule has 1 N–H and O–H groups in total. The van der Waals surface area contributed by atoms with Crippen molar-refractivity contribution < 1.29 is 27.8 Å². The van der Waals surface area contributed by atoms with E-state index in [2.05, 4.69) is 0 Å². The fourth-order valence-corrected chi connectivity index (χ4v) is 5.48. The molecule has 0 radical (unpaired) electrons. The van der Waals surface area contributed by atoms with Crippen LogP contribution in [-0.4, -0.2) is 37.6 Å². The lowest BCUT2D eigenvalue weighted by Crippen LogP contribution is -2.34. The summed E-state index contributed by atoms with van der Waals surface area (Å²) in [5.41, 5.74) is 0.0806. The Balaban J connectivity index is 1.89. The first-order valence-electron chi connectivity index (χ1n) is 7.53. The first kappa shape index (κ1) is 16.8. The van der Waals surface area contributed by atoms with Crippen LogP contribution in [0.1, 0.15) is 5.56 Å². The first-order chi connectivity index (χ1) is 12.4. The smallest absolute Gasteiger partial charge is 0.354 e. The molecule has 0 bridgehead atoms. The number of aliphatic carboxylic acids is 1. The van der Waals surface area contributed by atoms with E-state index in [1.165, 1.54) is 24.9 Å². The van der Waals surface area contributed by atoms with Crippen molar-refractivity contribution in [2.75, 3.05) is 13.8 Å². The number of hydrogen-bond donors (Lipinski definition) is 1. The summed E-state index contributed by atoms with van der Waals surface area (Å²) in [5.74, 6) is -0.128. The van der Waals surface area contributed by atoms with Crippen LogP contribution in [0.25, 0.3) is 4.91 Å². The Morgan fingerprint density at radius 2 is 1.88 bits per heavy atom. The van der Waals surface area contributed by atoms with Crippen molar-refractivity contribution in [3.63, 3.8) is 0 Å². The van der Waals surface area contributed by atoms with E-state index in [1.54, 1.807) is 36.4 Å². The maximum atomic E-state index is 12.7. The molecule has 4 rings (SSSR count). The molecule has 134 valence electrons. The van der Waals surface area contributed by atoms with Crippen molar-refractivity contribution in [2.45, 2.75) is 9.79 Å². The van der Waals surface area contributed by atoms with E-state index >= 15 is 0 Å². The summed E-state index contributed by atoms with van der Waals surface area (Å²) in [5, 5.41) is 9.65. The van der Waals surface area contributed by atoms with Gasteiger partial charge in [0.05, 0.1) is 9.80 Å². The Labute approximate surface area is 153 Å². The largest absolute Gasteiger partial charge is 0.477 e. The fourth-order valence-electron chi connectivity index (χ4n) is 2.81. The topological polar surface area (TPSA) is 93.1 Å². The van der Waals surface area contributed by atoms with Crippen LogP contribution in [-0.2, 0) is 14.8 Å². The highest BCUT2D eigenvalue weighted by molar-refractivity contribution is 8.08. The number of nitrogens with zero attached hydrogens (tertiary/aromatic N) is 1. The van der Waals surface area contributed by atoms with Crippen LogP contribution in [0, 0.1) is 0 Å². The lowest BCUT2D eigenvalue weighted by molar-refractivity contribution is -0.133. The van der Waals surface area contributed by atoms with Gasteiger partial charge in [-0.3, -0.25) is 4.31 Å². The third-order valence-corrected chi connectivity index (χ3v) is 6.99. The summed E-state index contributed by atoms with van der Waals surface area (Å²) in [6, 6.07) is 11.6. The van der Waals surface area contributed by atoms with Crippen LogP contribution in [0.3, 0.4) is 0 Å². The van der Waals surface area contributed by atoms with E-state index in [0.29, 0.717) is 26.9 Å².